The molecule has 0 unspecified atom stereocenters. The van der Waals surface area contributed by atoms with Crippen LogP contribution in [-0.4, -0.2) is 58.2 Å². The van der Waals surface area contributed by atoms with Gasteiger partial charge in [0.1, 0.15) is 10.6 Å². The molecule has 1 saturated heterocycles. The number of anilines is 1. The summed E-state index contributed by atoms with van der Waals surface area (Å²) in [7, 11) is 0. The van der Waals surface area contributed by atoms with Crippen molar-refractivity contribution in [2.75, 3.05) is 18.0 Å². The van der Waals surface area contributed by atoms with E-state index in [1.807, 2.05) is 4.90 Å². The third kappa shape index (κ3) is 8.03. The summed E-state index contributed by atoms with van der Waals surface area (Å²) in [4.78, 5) is 38.9. The Hall–Kier alpha value is -3.68. The molecule has 1 aliphatic heterocycles. The monoisotopic (exact) mass is 502 g/mol. The van der Waals surface area contributed by atoms with Crippen molar-refractivity contribution >= 4 is 40.2 Å². The molecule has 0 atom stereocenters. The lowest BCUT2D eigenvalue weighted by atomic mass is 9.98. The number of amidine groups is 1. The van der Waals surface area contributed by atoms with Crippen molar-refractivity contribution in [1.82, 2.24) is 4.98 Å². The highest BCUT2D eigenvalue weighted by Crippen LogP contribution is 2.28. The molecule has 0 saturated carbocycles. The number of nitrogens with zero attached hydrogens (tertiary/aromatic N) is 2. The number of thiazole rings is 1. The quantitative estimate of drug-likeness (QED) is 0.201. The van der Waals surface area contributed by atoms with E-state index < -0.39 is 24.1 Å². The van der Waals surface area contributed by atoms with E-state index in [9.17, 15) is 22.8 Å². The van der Waals surface area contributed by atoms with E-state index in [0.717, 1.165) is 5.56 Å². The minimum atomic E-state index is -5.08. The molecule has 1 aromatic heterocycles. The van der Waals surface area contributed by atoms with Gasteiger partial charge in [-0.1, -0.05) is 23.5 Å². The van der Waals surface area contributed by atoms with Crippen LogP contribution in [0.2, 0.25) is 0 Å². The van der Waals surface area contributed by atoms with E-state index in [-0.39, 0.29) is 11.8 Å². The van der Waals surface area contributed by atoms with Crippen LogP contribution in [0.5, 0.6) is 5.75 Å². The van der Waals surface area contributed by atoms with Crippen molar-refractivity contribution in [3.05, 3.63) is 40.9 Å². The number of carboxylic acid groups (broad SMARTS) is 2. The minimum Gasteiger partial charge on any atom is -0.481 e. The standard InChI is InChI=1S/C18H20N4O4S.C2HF3O2/c19-15(20)9-11-1-3-13(4-2-11)26-17(25)14-10-21-18(27-14)22-7-5-12(6-8-22)16(23)24;3-2(4,5)1(6)7/h1-4,10,12H,5-9H2,(H3,19,20)(H,23,24);(H,6,7). The lowest BCUT2D eigenvalue weighted by Crippen LogP contribution is -2.36. The minimum absolute atomic E-state index is 0.0734. The van der Waals surface area contributed by atoms with Gasteiger partial charge in [-0.2, -0.15) is 13.2 Å². The summed E-state index contributed by atoms with van der Waals surface area (Å²) in [5.74, 6) is -3.83. The number of benzene rings is 1. The number of aromatic nitrogens is 1. The molecule has 34 heavy (non-hydrogen) atoms. The fourth-order valence-corrected chi connectivity index (χ4v) is 3.72. The number of alkyl halides is 3. The summed E-state index contributed by atoms with van der Waals surface area (Å²) in [5.41, 5.74) is 6.23. The third-order valence-electron chi connectivity index (χ3n) is 4.58. The average molecular weight is 502 g/mol. The van der Waals surface area contributed by atoms with Gasteiger partial charge in [0, 0.05) is 19.5 Å². The van der Waals surface area contributed by atoms with Gasteiger partial charge in [0.15, 0.2) is 5.13 Å². The summed E-state index contributed by atoms with van der Waals surface area (Å²) in [6, 6.07) is 6.84. The fraction of sp³-hybridized carbons (Fsp3) is 0.350. The Morgan fingerprint density at radius 1 is 1.18 bits per heavy atom. The van der Waals surface area contributed by atoms with Crippen LogP contribution in [0.25, 0.3) is 0 Å². The van der Waals surface area contributed by atoms with E-state index in [1.54, 1.807) is 24.3 Å². The lowest BCUT2D eigenvalue weighted by molar-refractivity contribution is -0.192. The smallest absolute Gasteiger partial charge is 0.481 e. The number of piperidine rings is 1. The fourth-order valence-electron chi connectivity index (χ4n) is 2.88. The van der Waals surface area contributed by atoms with Crippen LogP contribution >= 0.6 is 11.3 Å². The first kappa shape index (κ1) is 26.6. The first-order valence-corrected chi connectivity index (χ1v) is 10.6. The predicted octanol–water partition coefficient (Wildman–Crippen LogP) is 2.78. The van der Waals surface area contributed by atoms with Crippen LogP contribution in [0.1, 0.15) is 28.1 Å². The third-order valence-corrected chi connectivity index (χ3v) is 5.62. The normalized spacial score (nSPS) is 14.0. The zero-order chi connectivity index (χ0) is 25.5. The van der Waals surface area contributed by atoms with Crippen molar-refractivity contribution in [2.45, 2.75) is 25.4 Å². The number of carbonyl (C=O) groups is 3. The maximum absolute atomic E-state index is 12.3. The van der Waals surface area contributed by atoms with Crippen molar-refractivity contribution in [1.29, 1.82) is 5.41 Å². The van der Waals surface area contributed by atoms with E-state index in [2.05, 4.69) is 4.98 Å². The highest BCUT2D eigenvalue weighted by molar-refractivity contribution is 7.17. The number of esters is 1. The van der Waals surface area contributed by atoms with E-state index in [1.165, 1.54) is 17.5 Å². The molecule has 10 nitrogen and oxygen atoms in total. The van der Waals surface area contributed by atoms with E-state index in [4.69, 9.17) is 30.9 Å². The molecule has 5 N–H and O–H groups in total. The molecule has 3 rings (SSSR count). The van der Waals surface area contributed by atoms with Crippen LogP contribution < -0.4 is 15.4 Å². The van der Waals surface area contributed by atoms with Crippen molar-refractivity contribution in [3.63, 3.8) is 0 Å². The van der Waals surface area contributed by atoms with Crippen molar-refractivity contribution < 1.29 is 42.5 Å². The molecule has 0 radical (unpaired) electrons. The number of aliphatic carboxylic acids is 2. The zero-order valence-electron chi connectivity index (χ0n) is 17.5. The Bertz CT molecular complexity index is 1030. The van der Waals surface area contributed by atoms with Gasteiger partial charge >= 0.3 is 24.1 Å². The number of hydrogen-bond donors (Lipinski definition) is 4. The number of rotatable bonds is 6. The maximum Gasteiger partial charge on any atom is 0.490 e. The van der Waals surface area contributed by atoms with Crippen LogP contribution in [-0.2, 0) is 16.0 Å². The average Bonchev–Trinajstić information content (AvgIpc) is 3.25. The topological polar surface area (TPSA) is 167 Å². The Morgan fingerprint density at radius 3 is 2.21 bits per heavy atom. The summed E-state index contributed by atoms with van der Waals surface area (Å²) >= 11 is 1.24. The molecule has 0 spiro atoms. The second kappa shape index (κ2) is 11.4. The van der Waals surface area contributed by atoms with E-state index >= 15 is 0 Å². The number of halogens is 3. The number of nitrogens with two attached hydrogens (primary N) is 1. The van der Waals surface area contributed by atoms with Crippen LogP contribution in [0.4, 0.5) is 18.3 Å². The number of nitrogens with one attached hydrogen (secondary N) is 1. The van der Waals surface area contributed by atoms with Gasteiger partial charge in [-0.25, -0.2) is 14.6 Å². The molecular weight excluding hydrogens is 481 g/mol. The summed E-state index contributed by atoms with van der Waals surface area (Å²) < 4.78 is 37.1. The highest BCUT2D eigenvalue weighted by Gasteiger charge is 2.38. The van der Waals surface area contributed by atoms with Crippen LogP contribution in [0.15, 0.2) is 30.5 Å². The second-order valence-corrected chi connectivity index (χ2v) is 8.15. The molecule has 184 valence electrons. The molecule has 1 fully saturated rings. The number of carbonyl (C=O) groups excluding carboxylic acids is 1. The Kier molecular flexibility index (Phi) is 8.95. The van der Waals surface area contributed by atoms with Gasteiger partial charge in [0.05, 0.1) is 18.0 Å². The van der Waals surface area contributed by atoms with Crippen molar-refractivity contribution in [3.8, 4) is 5.75 Å². The Morgan fingerprint density at radius 2 is 1.74 bits per heavy atom. The van der Waals surface area contributed by atoms with Crippen LogP contribution in [0, 0.1) is 11.3 Å². The molecule has 2 aromatic rings. The van der Waals surface area contributed by atoms with Gasteiger partial charge in [-0.05, 0) is 30.5 Å². The largest absolute Gasteiger partial charge is 0.490 e. The summed E-state index contributed by atoms with van der Waals surface area (Å²) in [5, 5.41) is 24.2. The van der Waals surface area contributed by atoms with Gasteiger partial charge in [-0.3, -0.25) is 10.2 Å². The highest BCUT2D eigenvalue weighted by atomic mass is 32.1. The number of carboxylic acids is 2. The molecule has 1 aliphatic rings. The van der Waals surface area contributed by atoms with Crippen LogP contribution in [0.3, 0.4) is 0 Å². The van der Waals surface area contributed by atoms with Gasteiger partial charge in [0.2, 0.25) is 0 Å². The van der Waals surface area contributed by atoms with Gasteiger partial charge in [0.25, 0.3) is 0 Å². The zero-order valence-corrected chi connectivity index (χ0v) is 18.4. The first-order chi connectivity index (χ1) is 15.9. The second-order valence-electron chi connectivity index (χ2n) is 7.15. The Balaban J connectivity index is 0.000000509. The SMILES string of the molecule is N=C(N)Cc1ccc(OC(=O)c2cnc(N3CCC(C(=O)O)CC3)s2)cc1.O=C(O)C(F)(F)F. The molecule has 0 amide bonds. The van der Waals surface area contributed by atoms with Gasteiger partial charge in [-0.15, -0.1) is 0 Å². The van der Waals surface area contributed by atoms with Crippen molar-refractivity contribution in [2.24, 2.45) is 11.7 Å². The molecule has 0 bridgehead atoms. The lowest BCUT2D eigenvalue weighted by Gasteiger charge is -2.29. The first-order valence-electron chi connectivity index (χ1n) is 9.74. The molecule has 14 heteroatoms. The maximum atomic E-state index is 12.3. The summed E-state index contributed by atoms with van der Waals surface area (Å²) in [6.07, 6.45) is -2.11. The van der Waals surface area contributed by atoms with E-state index in [0.29, 0.717) is 48.1 Å². The molecular formula is C20H21F3N4O6S. The number of hydrogen-bond acceptors (Lipinski definition) is 8. The van der Waals surface area contributed by atoms with Gasteiger partial charge < -0.3 is 25.6 Å². The number of ether oxygens (including phenoxy) is 1. The predicted molar refractivity (Wildman–Crippen MR) is 115 cm³/mol. The molecule has 1 aromatic carbocycles. The molecule has 2 heterocycles. The Labute approximate surface area is 195 Å². The summed E-state index contributed by atoms with van der Waals surface area (Å²) in [6.45, 7) is 1.22. The molecule has 0 aliphatic carbocycles.